The predicted octanol–water partition coefficient (Wildman–Crippen LogP) is 4.38. The fourth-order valence-electron chi connectivity index (χ4n) is 2.08. The van der Waals surface area contributed by atoms with Crippen LogP contribution < -0.4 is 5.32 Å². The zero-order valence-corrected chi connectivity index (χ0v) is 14.8. The minimum atomic E-state index is -0.483. The molecule has 0 aliphatic rings. The Kier molecular flexibility index (Phi) is 5.80. The average molecular weight is 352 g/mol. The fraction of sp³-hybridized carbons (Fsp3) is 0.294. The molecule has 0 bridgehead atoms. The van der Waals surface area contributed by atoms with Gasteiger partial charge in [0, 0.05) is 4.88 Å². The maximum Gasteiger partial charge on any atom is 0.348 e. The lowest BCUT2D eigenvalue weighted by Gasteiger charge is -2.08. The molecule has 1 N–H and O–H groups in total. The van der Waals surface area contributed by atoms with Gasteiger partial charge in [-0.3, -0.25) is 4.79 Å². The van der Waals surface area contributed by atoms with Crippen molar-refractivity contribution in [2.24, 2.45) is 0 Å². The molecule has 2 rings (SSSR count). The lowest BCUT2D eigenvalue weighted by molar-refractivity contribution is -0.119. The Balaban J connectivity index is 1.91. The zero-order valence-electron chi connectivity index (χ0n) is 13.2. The molecule has 0 aliphatic heterocycles. The molecular weight excluding hydrogens is 334 g/mol. The maximum atomic E-state index is 12.0. The number of aryl methyl sites for hydroxylation is 3. The van der Waals surface area contributed by atoms with Gasteiger partial charge >= 0.3 is 5.97 Å². The number of nitrogens with one attached hydrogen (secondary N) is 1. The highest BCUT2D eigenvalue weighted by Crippen LogP contribution is 2.24. The van der Waals surface area contributed by atoms with Crippen LogP contribution in [0.4, 0.5) is 5.69 Å². The molecule has 122 valence electrons. The van der Waals surface area contributed by atoms with Crippen LogP contribution in [0, 0.1) is 13.8 Å². The first-order valence-corrected chi connectivity index (χ1v) is 8.42. The molecule has 6 heteroatoms. The van der Waals surface area contributed by atoms with Crippen molar-refractivity contribution in [2.45, 2.75) is 27.2 Å². The van der Waals surface area contributed by atoms with Crippen molar-refractivity contribution >= 4 is 40.5 Å². The molecule has 0 saturated carbocycles. The molecule has 1 aromatic heterocycles. The van der Waals surface area contributed by atoms with Gasteiger partial charge < -0.3 is 10.1 Å². The molecule has 0 unspecified atom stereocenters. The summed E-state index contributed by atoms with van der Waals surface area (Å²) >= 11 is 7.45. The molecule has 4 nitrogen and oxygen atoms in total. The first-order valence-electron chi connectivity index (χ1n) is 7.23. The molecule has 0 saturated heterocycles. The summed E-state index contributed by atoms with van der Waals surface area (Å²) in [5.41, 5.74) is 2.57. The normalized spacial score (nSPS) is 10.4. The summed E-state index contributed by atoms with van der Waals surface area (Å²) in [6.45, 7) is 5.55. The second kappa shape index (κ2) is 7.62. The smallest absolute Gasteiger partial charge is 0.348 e. The Bertz CT molecular complexity index is 739. The lowest BCUT2D eigenvalue weighted by atomic mass is 10.2. The van der Waals surface area contributed by atoms with Crippen molar-refractivity contribution in [1.29, 1.82) is 0 Å². The van der Waals surface area contributed by atoms with E-state index in [-0.39, 0.29) is 6.61 Å². The van der Waals surface area contributed by atoms with Gasteiger partial charge in [-0.25, -0.2) is 4.79 Å². The predicted molar refractivity (Wildman–Crippen MR) is 93.5 cm³/mol. The van der Waals surface area contributed by atoms with Crippen molar-refractivity contribution in [2.75, 3.05) is 11.9 Å². The van der Waals surface area contributed by atoms with E-state index in [1.165, 1.54) is 11.3 Å². The van der Waals surface area contributed by atoms with E-state index in [2.05, 4.69) is 5.32 Å². The average Bonchev–Trinajstić information content (AvgIpc) is 2.89. The molecule has 1 aromatic carbocycles. The summed E-state index contributed by atoms with van der Waals surface area (Å²) in [6.07, 6.45) is 0.871. The van der Waals surface area contributed by atoms with Crippen LogP contribution in [0.5, 0.6) is 0 Å². The first-order chi connectivity index (χ1) is 10.9. The van der Waals surface area contributed by atoms with Gasteiger partial charge in [0.25, 0.3) is 5.91 Å². The number of ether oxygens (including phenoxy) is 1. The van der Waals surface area contributed by atoms with Gasteiger partial charge in [-0.15, -0.1) is 11.3 Å². The van der Waals surface area contributed by atoms with Crippen LogP contribution in [0.25, 0.3) is 0 Å². The van der Waals surface area contributed by atoms with Crippen molar-refractivity contribution < 1.29 is 14.3 Å². The van der Waals surface area contributed by atoms with Crippen molar-refractivity contribution in [3.8, 4) is 0 Å². The molecule has 0 aliphatic carbocycles. The van der Waals surface area contributed by atoms with Gasteiger partial charge in [-0.1, -0.05) is 24.6 Å². The van der Waals surface area contributed by atoms with Crippen LogP contribution in [-0.4, -0.2) is 18.5 Å². The van der Waals surface area contributed by atoms with E-state index in [4.69, 9.17) is 16.3 Å². The monoisotopic (exact) mass is 351 g/mol. The highest BCUT2D eigenvalue weighted by molar-refractivity contribution is 7.14. The number of esters is 1. The van der Waals surface area contributed by atoms with Crippen LogP contribution >= 0.6 is 22.9 Å². The molecule has 0 radical (unpaired) electrons. The quantitative estimate of drug-likeness (QED) is 0.813. The van der Waals surface area contributed by atoms with Crippen molar-refractivity contribution in [1.82, 2.24) is 0 Å². The molecule has 0 fully saturated rings. The zero-order chi connectivity index (χ0) is 17.0. The Morgan fingerprint density at radius 1 is 1.26 bits per heavy atom. The van der Waals surface area contributed by atoms with Gasteiger partial charge in [0.1, 0.15) is 4.88 Å². The molecule has 2 aromatic rings. The number of carbonyl (C=O) groups is 2. The summed E-state index contributed by atoms with van der Waals surface area (Å²) < 4.78 is 5.05. The van der Waals surface area contributed by atoms with E-state index in [0.29, 0.717) is 15.6 Å². The van der Waals surface area contributed by atoms with E-state index in [1.54, 1.807) is 18.2 Å². The maximum absolute atomic E-state index is 12.0. The third-order valence-corrected chi connectivity index (χ3v) is 4.95. The minimum Gasteiger partial charge on any atom is -0.451 e. The summed E-state index contributed by atoms with van der Waals surface area (Å²) in [6, 6.07) is 7.10. The van der Waals surface area contributed by atoms with Crippen LogP contribution in [0.3, 0.4) is 0 Å². The SMILES string of the molecule is CCc1sc(C(=O)OCC(=O)Nc2ccc(C)cc2Cl)cc1C. The Labute approximate surface area is 144 Å². The largest absolute Gasteiger partial charge is 0.451 e. The summed E-state index contributed by atoms with van der Waals surface area (Å²) in [4.78, 5) is 25.5. The number of halogens is 1. The lowest BCUT2D eigenvalue weighted by Crippen LogP contribution is -2.20. The van der Waals surface area contributed by atoms with E-state index < -0.39 is 11.9 Å². The van der Waals surface area contributed by atoms with Crippen molar-refractivity contribution in [3.63, 3.8) is 0 Å². The highest BCUT2D eigenvalue weighted by atomic mass is 35.5. The number of rotatable bonds is 5. The molecule has 23 heavy (non-hydrogen) atoms. The van der Waals surface area contributed by atoms with Crippen LogP contribution in [0.1, 0.15) is 32.6 Å². The van der Waals surface area contributed by atoms with E-state index in [1.807, 2.05) is 26.8 Å². The number of thiophene rings is 1. The number of hydrogen-bond acceptors (Lipinski definition) is 4. The van der Waals surface area contributed by atoms with Crippen LogP contribution in [0.15, 0.2) is 24.3 Å². The van der Waals surface area contributed by atoms with Gasteiger partial charge in [-0.2, -0.15) is 0 Å². The molecule has 1 heterocycles. The Morgan fingerprint density at radius 3 is 2.61 bits per heavy atom. The van der Waals surface area contributed by atoms with Crippen LogP contribution in [-0.2, 0) is 16.0 Å². The second-order valence-electron chi connectivity index (χ2n) is 5.18. The van der Waals surface area contributed by atoms with Gasteiger partial charge in [0.05, 0.1) is 10.7 Å². The van der Waals surface area contributed by atoms with Gasteiger partial charge in [0.15, 0.2) is 6.61 Å². The first kappa shape index (κ1) is 17.5. The third-order valence-electron chi connectivity index (χ3n) is 3.28. The fourth-order valence-corrected chi connectivity index (χ4v) is 3.37. The Hall–Kier alpha value is -1.85. The highest BCUT2D eigenvalue weighted by Gasteiger charge is 2.15. The number of anilines is 1. The topological polar surface area (TPSA) is 55.4 Å². The number of carbonyl (C=O) groups excluding carboxylic acids is 2. The minimum absolute atomic E-state index is 0.346. The standard InChI is InChI=1S/C17H18ClNO3S/c1-4-14-11(3)8-15(23-14)17(21)22-9-16(20)19-13-6-5-10(2)7-12(13)18/h5-8H,4,9H2,1-3H3,(H,19,20). The summed E-state index contributed by atoms with van der Waals surface area (Å²) in [5.74, 6) is -0.906. The summed E-state index contributed by atoms with van der Waals surface area (Å²) in [5, 5.41) is 3.08. The van der Waals surface area contributed by atoms with Crippen molar-refractivity contribution in [3.05, 3.63) is 50.2 Å². The number of amides is 1. The van der Waals surface area contributed by atoms with Gasteiger partial charge in [0.2, 0.25) is 0 Å². The van der Waals surface area contributed by atoms with E-state index >= 15 is 0 Å². The number of hydrogen-bond donors (Lipinski definition) is 1. The Morgan fingerprint density at radius 2 is 2.00 bits per heavy atom. The van der Waals surface area contributed by atoms with E-state index in [0.717, 1.165) is 22.4 Å². The molecular formula is C17H18ClNO3S. The number of benzene rings is 1. The molecule has 1 amide bonds. The van der Waals surface area contributed by atoms with E-state index in [9.17, 15) is 9.59 Å². The second-order valence-corrected chi connectivity index (χ2v) is 6.72. The summed E-state index contributed by atoms with van der Waals surface area (Å²) in [7, 11) is 0. The van der Waals surface area contributed by atoms with Crippen LogP contribution in [0.2, 0.25) is 5.02 Å². The third kappa shape index (κ3) is 4.56. The van der Waals surface area contributed by atoms with Gasteiger partial charge in [-0.05, 0) is 49.6 Å². The molecule has 0 atom stereocenters. The molecule has 0 spiro atoms.